The highest BCUT2D eigenvalue weighted by Gasteiger charge is 2.24. The Morgan fingerprint density at radius 3 is 2.20 bits per heavy atom. The lowest BCUT2D eigenvalue weighted by atomic mass is 9.97. The monoisotopic (exact) mass is 434 g/mol. The first-order chi connectivity index (χ1) is 14.1. The predicted molar refractivity (Wildman–Crippen MR) is 119 cm³/mol. The van der Waals surface area contributed by atoms with E-state index >= 15 is 0 Å². The van der Waals surface area contributed by atoms with Gasteiger partial charge in [0, 0.05) is 6.07 Å². The number of benzene rings is 2. The Kier molecular flexibility index (Phi) is 8.11. The summed E-state index contributed by atoms with van der Waals surface area (Å²) in [4.78, 5) is 12.8. The van der Waals surface area contributed by atoms with Crippen LogP contribution in [0, 0.1) is 5.92 Å². The summed E-state index contributed by atoms with van der Waals surface area (Å²) in [6.07, 6.45) is 1.80. The molecule has 8 heteroatoms. The number of anilines is 1. The molecule has 0 radical (unpaired) electrons. The quantitative estimate of drug-likeness (QED) is 0.620. The van der Waals surface area contributed by atoms with E-state index in [0.29, 0.717) is 17.4 Å². The van der Waals surface area contributed by atoms with Crippen LogP contribution < -0.4 is 19.1 Å². The molecule has 1 N–H and O–H groups in total. The first kappa shape index (κ1) is 23.5. The number of carbonyl (C=O) groups is 1. The summed E-state index contributed by atoms with van der Waals surface area (Å²) in [5, 5.41) is 2.99. The zero-order valence-corrected chi connectivity index (χ0v) is 18.9. The summed E-state index contributed by atoms with van der Waals surface area (Å²) in [6.45, 7) is 3.82. The fourth-order valence-electron chi connectivity index (χ4n) is 3.12. The maximum Gasteiger partial charge on any atom is 0.241 e. The summed E-state index contributed by atoms with van der Waals surface area (Å²) in [6, 6.07) is 13.9. The summed E-state index contributed by atoms with van der Waals surface area (Å²) in [7, 11) is -0.570. The number of amides is 1. The van der Waals surface area contributed by atoms with E-state index in [1.165, 1.54) is 7.11 Å². The van der Waals surface area contributed by atoms with Gasteiger partial charge in [0.05, 0.1) is 32.2 Å². The molecule has 1 unspecified atom stereocenters. The van der Waals surface area contributed by atoms with Crippen molar-refractivity contribution in [1.29, 1.82) is 0 Å². The second kappa shape index (κ2) is 10.3. The van der Waals surface area contributed by atoms with E-state index < -0.39 is 10.0 Å². The molecule has 2 aromatic carbocycles. The minimum atomic E-state index is -3.67. The van der Waals surface area contributed by atoms with Crippen LogP contribution in [0.5, 0.6) is 11.5 Å². The van der Waals surface area contributed by atoms with Crippen molar-refractivity contribution in [3.63, 3.8) is 0 Å². The van der Waals surface area contributed by atoms with E-state index in [-0.39, 0.29) is 18.5 Å². The van der Waals surface area contributed by atoms with E-state index in [1.807, 2.05) is 24.3 Å². The Labute approximate surface area is 179 Å². The zero-order valence-electron chi connectivity index (χ0n) is 18.1. The van der Waals surface area contributed by atoms with Crippen LogP contribution in [0.3, 0.4) is 0 Å². The van der Waals surface area contributed by atoms with Crippen molar-refractivity contribution < 1.29 is 22.7 Å². The van der Waals surface area contributed by atoms with Crippen LogP contribution in [0.4, 0.5) is 5.69 Å². The fourth-order valence-corrected chi connectivity index (χ4v) is 3.97. The molecule has 7 nitrogen and oxygen atoms in total. The van der Waals surface area contributed by atoms with Crippen molar-refractivity contribution in [2.75, 3.05) is 31.3 Å². The average molecular weight is 435 g/mol. The normalized spacial score (nSPS) is 12.3. The molecule has 0 saturated heterocycles. The standard InChI is InChI=1S/C22H30N2O5S/c1-16(2)13-21(17-9-11-19(28-3)12-10-17)23-22(25)15-24(30(5,26)27)18-7-6-8-20(14-18)29-4/h6-12,14,16,21H,13,15H2,1-5H3,(H,23,25). The van der Waals surface area contributed by atoms with E-state index in [1.54, 1.807) is 31.4 Å². The van der Waals surface area contributed by atoms with Gasteiger partial charge in [-0.15, -0.1) is 0 Å². The Morgan fingerprint density at radius 2 is 1.67 bits per heavy atom. The molecular formula is C22H30N2O5S. The zero-order chi connectivity index (χ0) is 22.3. The lowest BCUT2D eigenvalue weighted by Gasteiger charge is -2.25. The van der Waals surface area contributed by atoms with Gasteiger partial charge in [-0.05, 0) is 42.2 Å². The van der Waals surface area contributed by atoms with Crippen molar-refractivity contribution in [3.8, 4) is 11.5 Å². The summed E-state index contributed by atoms with van der Waals surface area (Å²) >= 11 is 0. The van der Waals surface area contributed by atoms with Crippen molar-refractivity contribution in [1.82, 2.24) is 5.32 Å². The first-order valence-corrected chi connectivity index (χ1v) is 11.5. The number of nitrogens with zero attached hydrogens (tertiary/aromatic N) is 1. The highest BCUT2D eigenvalue weighted by atomic mass is 32.2. The number of ether oxygens (including phenoxy) is 2. The van der Waals surface area contributed by atoms with Crippen molar-refractivity contribution in [2.24, 2.45) is 5.92 Å². The highest BCUT2D eigenvalue weighted by Crippen LogP contribution is 2.25. The number of hydrogen-bond donors (Lipinski definition) is 1. The van der Waals surface area contributed by atoms with Gasteiger partial charge in [-0.1, -0.05) is 32.0 Å². The largest absolute Gasteiger partial charge is 0.497 e. The van der Waals surface area contributed by atoms with Gasteiger partial charge in [0.25, 0.3) is 0 Å². The molecule has 2 rings (SSSR count). The molecule has 2 aromatic rings. The second-order valence-corrected chi connectivity index (χ2v) is 9.40. The number of sulfonamides is 1. The lowest BCUT2D eigenvalue weighted by Crippen LogP contribution is -2.41. The number of rotatable bonds is 10. The van der Waals surface area contributed by atoms with Crippen LogP contribution in [0.25, 0.3) is 0 Å². The van der Waals surface area contributed by atoms with Crippen LogP contribution in [-0.2, 0) is 14.8 Å². The number of nitrogens with one attached hydrogen (secondary N) is 1. The van der Waals surface area contributed by atoms with Gasteiger partial charge >= 0.3 is 0 Å². The predicted octanol–water partition coefficient (Wildman–Crippen LogP) is 3.37. The molecule has 0 aliphatic rings. The lowest BCUT2D eigenvalue weighted by molar-refractivity contribution is -0.120. The van der Waals surface area contributed by atoms with Crippen LogP contribution in [0.2, 0.25) is 0 Å². The minimum absolute atomic E-state index is 0.241. The van der Waals surface area contributed by atoms with Gasteiger partial charge in [-0.25, -0.2) is 8.42 Å². The van der Waals surface area contributed by atoms with Crippen LogP contribution in [-0.4, -0.2) is 41.3 Å². The molecule has 1 amide bonds. The van der Waals surface area contributed by atoms with Gasteiger partial charge in [0.2, 0.25) is 15.9 Å². The topological polar surface area (TPSA) is 84.9 Å². The SMILES string of the molecule is COc1ccc(C(CC(C)C)NC(=O)CN(c2cccc(OC)c2)S(C)(=O)=O)cc1. The molecule has 0 spiro atoms. The summed E-state index contributed by atoms with van der Waals surface area (Å²) in [5.41, 5.74) is 1.31. The molecule has 0 heterocycles. The van der Waals surface area contributed by atoms with E-state index in [4.69, 9.17) is 9.47 Å². The summed E-state index contributed by atoms with van der Waals surface area (Å²) < 4.78 is 36.2. The Balaban J connectivity index is 2.23. The third-order valence-corrected chi connectivity index (χ3v) is 5.73. The van der Waals surface area contributed by atoms with Gasteiger partial charge in [-0.2, -0.15) is 0 Å². The van der Waals surface area contributed by atoms with E-state index in [9.17, 15) is 13.2 Å². The van der Waals surface area contributed by atoms with E-state index in [0.717, 1.165) is 28.3 Å². The third kappa shape index (κ3) is 6.66. The van der Waals surface area contributed by atoms with Crippen molar-refractivity contribution >= 4 is 21.6 Å². The molecule has 1 atom stereocenters. The molecule has 0 bridgehead atoms. The second-order valence-electron chi connectivity index (χ2n) is 7.49. The molecule has 0 saturated carbocycles. The molecule has 0 aliphatic heterocycles. The van der Waals surface area contributed by atoms with Crippen LogP contribution in [0.15, 0.2) is 48.5 Å². The highest BCUT2D eigenvalue weighted by molar-refractivity contribution is 7.92. The number of methoxy groups -OCH3 is 2. The average Bonchev–Trinajstić information content (AvgIpc) is 2.70. The van der Waals surface area contributed by atoms with Gasteiger partial charge in [0.15, 0.2) is 0 Å². The maximum absolute atomic E-state index is 12.8. The number of hydrogen-bond acceptors (Lipinski definition) is 5. The minimum Gasteiger partial charge on any atom is -0.497 e. The Morgan fingerprint density at radius 1 is 1.03 bits per heavy atom. The molecular weight excluding hydrogens is 404 g/mol. The smallest absolute Gasteiger partial charge is 0.241 e. The van der Waals surface area contributed by atoms with Gasteiger partial charge < -0.3 is 14.8 Å². The first-order valence-electron chi connectivity index (χ1n) is 9.69. The maximum atomic E-state index is 12.8. The van der Waals surface area contributed by atoms with Crippen LogP contribution >= 0.6 is 0 Å². The molecule has 0 fully saturated rings. The molecule has 0 aromatic heterocycles. The summed E-state index contributed by atoms with van der Waals surface area (Å²) in [5.74, 6) is 1.19. The van der Waals surface area contributed by atoms with Crippen LogP contribution in [0.1, 0.15) is 31.9 Å². The fraction of sp³-hybridized carbons (Fsp3) is 0.409. The van der Waals surface area contributed by atoms with Crippen molar-refractivity contribution in [2.45, 2.75) is 26.3 Å². The van der Waals surface area contributed by atoms with Gasteiger partial charge in [-0.3, -0.25) is 9.10 Å². The Hall–Kier alpha value is -2.74. The molecule has 164 valence electrons. The molecule has 0 aliphatic carbocycles. The van der Waals surface area contributed by atoms with Gasteiger partial charge in [0.1, 0.15) is 18.0 Å². The van der Waals surface area contributed by atoms with E-state index in [2.05, 4.69) is 19.2 Å². The number of carbonyl (C=O) groups excluding carboxylic acids is 1. The Bertz CT molecular complexity index is 942. The third-order valence-electron chi connectivity index (χ3n) is 4.59. The molecule has 30 heavy (non-hydrogen) atoms. The van der Waals surface area contributed by atoms with Crippen molar-refractivity contribution in [3.05, 3.63) is 54.1 Å².